The van der Waals surface area contributed by atoms with Crippen LogP contribution in [0.4, 0.5) is 4.39 Å². The Bertz CT molecular complexity index is 960. The van der Waals surface area contributed by atoms with Crippen molar-refractivity contribution in [1.82, 2.24) is 9.88 Å². The fourth-order valence-corrected chi connectivity index (χ4v) is 3.52. The number of carbonyl (C=O) groups excluding carboxylic acids is 1. The average molecular weight is 390 g/mol. The van der Waals surface area contributed by atoms with E-state index in [4.69, 9.17) is 9.72 Å². The molecule has 3 aromatic rings. The van der Waals surface area contributed by atoms with E-state index in [9.17, 15) is 9.18 Å². The van der Waals surface area contributed by atoms with Gasteiger partial charge < -0.3 is 9.64 Å². The number of rotatable bonds is 5. The quantitative estimate of drug-likeness (QED) is 0.662. The molecule has 0 aliphatic carbocycles. The molecule has 0 radical (unpaired) electrons. The Morgan fingerprint density at radius 1 is 1.00 bits per heavy atom. The number of benzene rings is 2. The van der Waals surface area contributed by atoms with Gasteiger partial charge in [-0.1, -0.05) is 48.5 Å². The van der Waals surface area contributed by atoms with Crippen LogP contribution in [0.1, 0.15) is 28.6 Å². The lowest BCUT2D eigenvalue weighted by Gasteiger charge is -2.33. The second-order valence-corrected chi connectivity index (χ2v) is 7.22. The summed E-state index contributed by atoms with van der Waals surface area (Å²) in [5.74, 6) is -0.278. The van der Waals surface area contributed by atoms with E-state index in [0.29, 0.717) is 19.7 Å². The first-order chi connectivity index (χ1) is 14.2. The first kappa shape index (κ1) is 19.3. The van der Waals surface area contributed by atoms with E-state index >= 15 is 0 Å². The molecule has 0 saturated carbocycles. The van der Waals surface area contributed by atoms with Crippen molar-refractivity contribution in [1.29, 1.82) is 0 Å². The van der Waals surface area contributed by atoms with Gasteiger partial charge in [0.1, 0.15) is 11.9 Å². The third-order valence-corrected chi connectivity index (χ3v) is 5.07. The summed E-state index contributed by atoms with van der Waals surface area (Å²) >= 11 is 0. The number of hydrogen-bond acceptors (Lipinski definition) is 3. The fraction of sp³-hybridized carbons (Fsp3) is 0.250. The predicted octanol–water partition coefficient (Wildman–Crippen LogP) is 3.95. The molecule has 2 aromatic carbocycles. The highest BCUT2D eigenvalue weighted by atomic mass is 19.1. The zero-order valence-corrected chi connectivity index (χ0v) is 16.1. The maximum atomic E-state index is 13.1. The van der Waals surface area contributed by atoms with Gasteiger partial charge in [0.05, 0.1) is 25.3 Å². The van der Waals surface area contributed by atoms with Gasteiger partial charge >= 0.3 is 0 Å². The number of pyridine rings is 1. The highest BCUT2D eigenvalue weighted by Gasteiger charge is 2.26. The molecule has 1 saturated heterocycles. The maximum absolute atomic E-state index is 13.1. The number of nitrogens with zero attached hydrogens (tertiary/aromatic N) is 2. The summed E-state index contributed by atoms with van der Waals surface area (Å²) in [6.45, 7) is 1.51. The predicted molar refractivity (Wildman–Crippen MR) is 109 cm³/mol. The molecule has 0 N–H and O–H groups in total. The number of carbonyl (C=O) groups is 1. The van der Waals surface area contributed by atoms with Crippen LogP contribution in [0.3, 0.4) is 0 Å². The van der Waals surface area contributed by atoms with Crippen molar-refractivity contribution in [2.75, 3.05) is 19.7 Å². The third-order valence-electron chi connectivity index (χ3n) is 5.07. The Morgan fingerprint density at radius 2 is 1.79 bits per heavy atom. The smallest absolute Gasteiger partial charge is 0.227 e. The van der Waals surface area contributed by atoms with Crippen LogP contribution in [0, 0.1) is 5.82 Å². The number of amides is 1. The zero-order valence-electron chi connectivity index (χ0n) is 16.1. The third kappa shape index (κ3) is 5.06. The van der Waals surface area contributed by atoms with Gasteiger partial charge in [-0.3, -0.25) is 9.78 Å². The minimum Gasteiger partial charge on any atom is -0.368 e. The summed E-state index contributed by atoms with van der Waals surface area (Å²) in [6, 6.07) is 22.2. The standard InChI is InChI=1S/C24H23FN2O2/c25-20-11-9-19(10-12-20)16-24(28)27-13-14-29-23(17-27)22-8-4-7-21(26-22)15-18-5-2-1-3-6-18/h1-12,23H,13-17H2/t23-/m1/s1. The van der Waals surface area contributed by atoms with E-state index in [-0.39, 0.29) is 24.2 Å². The molecule has 148 valence electrons. The van der Waals surface area contributed by atoms with Crippen LogP contribution in [0.15, 0.2) is 72.8 Å². The molecule has 0 spiro atoms. The molecule has 4 nitrogen and oxygen atoms in total. The topological polar surface area (TPSA) is 42.4 Å². The molecule has 1 aliphatic rings. The van der Waals surface area contributed by atoms with E-state index in [1.807, 2.05) is 41.3 Å². The molecule has 0 bridgehead atoms. The molecule has 0 unspecified atom stereocenters. The van der Waals surface area contributed by atoms with E-state index in [2.05, 4.69) is 12.1 Å². The normalized spacial score (nSPS) is 16.6. The average Bonchev–Trinajstić information content (AvgIpc) is 2.76. The largest absolute Gasteiger partial charge is 0.368 e. The first-order valence-electron chi connectivity index (χ1n) is 9.81. The van der Waals surface area contributed by atoms with Gasteiger partial charge in [-0.15, -0.1) is 0 Å². The minimum absolute atomic E-state index is 0.0188. The van der Waals surface area contributed by atoms with Crippen LogP contribution in [0.25, 0.3) is 0 Å². The highest BCUT2D eigenvalue weighted by molar-refractivity contribution is 5.78. The molecular weight excluding hydrogens is 367 g/mol. The monoisotopic (exact) mass is 390 g/mol. The first-order valence-corrected chi connectivity index (χ1v) is 9.81. The minimum atomic E-state index is -0.297. The van der Waals surface area contributed by atoms with Crippen LogP contribution in [-0.2, 0) is 22.4 Å². The van der Waals surface area contributed by atoms with Crippen molar-refractivity contribution < 1.29 is 13.9 Å². The molecule has 1 atom stereocenters. The lowest BCUT2D eigenvalue weighted by atomic mass is 10.1. The molecule has 2 heterocycles. The number of ether oxygens (including phenoxy) is 1. The number of aromatic nitrogens is 1. The Hall–Kier alpha value is -3.05. The molecule has 1 aromatic heterocycles. The SMILES string of the molecule is O=C(Cc1ccc(F)cc1)N1CCO[C@@H](c2cccc(Cc3ccccc3)n2)C1. The second kappa shape index (κ2) is 8.97. The Morgan fingerprint density at radius 3 is 2.59 bits per heavy atom. The van der Waals surface area contributed by atoms with Crippen molar-refractivity contribution >= 4 is 5.91 Å². The number of morpholine rings is 1. The van der Waals surface area contributed by atoms with Gasteiger partial charge in [0.25, 0.3) is 0 Å². The fourth-order valence-electron chi connectivity index (χ4n) is 3.52. The van der Waals surface area contributed by atoms with Crippen LogP contribution < -0.4 is 0 Å². The summed E-state index contributed by atoms with van der Waals surface area (Å²) in [7, 11) is 0. The van der Waals surface area contributed by atoms with Crippen LogP contribution in [-0.4, -0.2) is 35.5 Å². The van der Waals surface area contributed by atoms with Gasteiger partial charge in [0.15, 0.2) is 0 Å². The van der Waals surface area contributed by atoms with E-state index in [1.165, 1.54) is 17.7 Å². The van der Waals surface area contributed by atoms with E-state index in [0.717, 1.165) is 23.4 Å². The molecule has 4 rings (SSSR count). The second-order valence-electron chi connectivity index (χ2n) is 7.22. The lowest BCUT2D eigenvalue weighted by Crippen LogP contribution is -2.43. The van der Waals surface area contributed by atoms with Crippen molar-refractivity contribution in [2.24, 2.45) is 0 Å². The van der Waals surface area contributed by atoms with Crippen LogP contribution in [0.5, 0.6) is 0 Å². The van der Waals surface area contributed by atoms with Crippen LogP contribution >= 0.6 is 0 Å². The zero-order chi connectivity index (χ0) is 20.1. The summed E-state index contributed by atoms with van der Waals surface area (Å²) in [6.07, 6.45) is 0.778. The van der Waals surface area contributed by atoms with E-state index < -0.39 is 0 Å². The molecule has 1 amide bonds. The van der Waals surface area contributed by atoms with Crippen molar-refractivity contribution in [2.45, 2.75) is 18.9 Å². The Kier molecular flexibility index (Phi) is 5.96. The summed E-state index contributed by atoms with van der Waals surface area (Å²) < 4.78 is 19.0. The Balaban J connectivity index is 1.42. The van der Waals surface area contributed by atoms with E-state index in [1.54, 1.807) is 12.1 Å². The van der Waals surface area contributed by atoms with Gasteiger partial charge in [-0.25, -0.2) is 4.39 Å². The van der Waals surface area contributed by atoms with Crippen molar-refractivity contribution in [3.8, 4) is 0 Å². The maximum Gasteiger partial charge on any atom is 0.227 e. The summed E-state index contributed by atoms with van der Waals surface area (Å²) in [5, 5.41) is 0. The lowest BCUT2D eigenvalue weighted by molar-refractivity contribution is -0.138. The van der Waals surface area contributed by atoms with Gasteiger partial charge in [0, 0.05) is 18.7 Å². The number of hydrogen-bond donors (Lipinski definition) is 0. The molecule has 1 fully saturated rings. The molecule has 1 aliphatic heterocycles. The molecule has 5 heteroatoms. The van der Waals surface area contributed by atoms with Gasteiger partial charge in [-0.05, 0) is 35.4 Å². The van der Waals surface area contributed by atoms with Gasteiger partial charge in [-0.2, -0.15) is 0 Å². The van der Waals surface area contributed by atoms with Gasteiger partial charge in [0.2, 0.25) is 5.91 Å². The summed E-state index contributed by atoms with van der Waals surface area (Å²) in [4.78, 5) is 19.3. The molecular formula is C24H23FN2O2. The Labute approximate surface area is 170 Å². The van der Waals surface area contributed by atoms with Crippen molar-refractivity contribution in [3.63, 3.8) is 0 Å². The summed E-state index contributed by atoms with van der Waals surface area (Å²) in [5.41, 5.74) is 3.84. The van der Waals surface area contributed by atoms with Crippen molar-refractivity contribution in [3.05, 3.63) is 101 Å². The number of halogens is 1. The highest BCUT2D eigenvalue weighted by Crippen LogP contribution is 2.22. The van der Waals surface area contributed by atoms with Crippen LogP contribution in [0.2, 0.25) is 0 Å². The molecule has 29 heavy (non-hydrogen) atoms.